The number of halogens is 4. The Balaban J connectivity index is 1.38. The highest BCUT2D eigenvalue weighted by atomic mass is 35.5. The Kier molecular flexibility index (Phi) is 12.1. The summed E-state index contributed by atoms with van der Waals surface area (Å²) >= 11 is 24.1. The molecule has 0 heterocycles. The summed E-state index contributed by atoms with van der Waals surface area (Å²) in [7, 11) is 0. The van der Waals surface area contributed by atoms with Gasteiger partial charge in [-0.15, -0.1) is 0 Å². The molecule has 0 bridgehead atoms. The van der Waals surface area contributed by atoms with Crippen molar-refractivity contribution in [1.29, 1.82) is 0 Å². The lowest BCUT2D eigenvalue weighted by Gasteiger charge is -2.47. The number of carbonyl (C=O) groups is 2. The first kappa shape index (κ1) is 32.7. The molecule has 0 saturated heterocycles. The molecule has 3 rings (SSSR count). The van der Waals surface area contributed by atoms with Gasteiger partial charge < -0.3 is 20.1 Å². The second kappa shape index (κ2) is 14.9. The van der Waals surface area contributed by atoms with Crippen LogP contribution in [0.4, 0.5) is 0 Å². The van der Waals surface area contributed by atoms with Crippen LogP contribution >= 0.6 is 46.4 Å². The average Bonchev–Trinajstić information content (AvgIpc) is 2.84. The first-order valence-electron chi connectivity index (χ1n) is 13.6. The molecule has 6 nitrogen and oxygen atoms in total. The average molecular weight is 632 g/mol. The van der Waals surface area contributed by atoms with Gasteiger partial charge in [-0.05, 0) is 79.3 Å². The number of nitrogens with one attached hydrogen (secondary N) is 2. The lowest BCUT2D eigenvalue weighted by molar-refractivity contribution is -0.124. The van der Waals surface area contributed by atoms with Crippen LogP contribution in [-0.2, 0) is 9.59 Å². The second-order valence-electron chi connectivity index (χ2n) is 11.7. The fraction of sp³-hybridized carbons (Fsp3) is 0.533. The molecule has 1 saturated carbocycles. The topological polar surface area (TPSA) is 76.7 Å². The Hall–Kier alpha value is -1.86. The van der Waals surface area contributed by atoms with Crippen LogP contribution in [-0.4, -0.2) is 37.6 Å². The molecule has 1 aliphatic carbocycles. The van der Waals surface area contributed by atoms with E-state index >= 15 is 0 Å². The molecule has 40 heavy (non-hydrogen) atoms. The number of hydrogen-bond acceptors (Lipinski definition) is 4. The van der Waals surface area contributed by atoms with Gasteiger partial charge in [-0.3, -0.25) is 9.59 Å². The summed E-state index contributed by atoms with van der Waals surface area (Å²) in [6, 6.07) is 10.2. The molecule has 0 aromatic heterocycles. The zero-order chi connectivity index (χ0) is 29.3. The molecule has 0 radical (unpaired) electrons. The molecule has 1 aliphatic rings. The van der Waals surface area contributed by atoms with Gasteiger partial charge in [0.2, 0.25) is 11.8 Å². The van der Waals surface area contributed by atoms with E-state index in [0.717, 1.165) is 19.3 Å². The minimum absolute atomic E-state index is 0.000629. The van der Waals surface area contributed by atoms with Crippen molar-refractivity contribution < 1.29 is 19.1 Å². The molecule has 2 amide bonds. The van der Waals surface area contributed by atoms with E-state index in [1.165, 1.54) is 0 Å². The number of ether oxygens (including phenoxy) is 2. The van der Waals surface area contributed by atoms with Gasteiger partial charge in [0.1, 0.15) is 11.5 Å². The molecular formula is C30H38Cl4N2O4. The third-order valence-corrected chi connectivity index (χ3v) is 7.98. The number of carbonyl (C=O) groups excluding carboxylic acids is 2. The summed E-state index contributed by atoms with van der Waals surface area (Å²) in [5.74, 6) is 1.09. The first-order chi connectivity index (χ1) is 18.8. The molecule has 2 atom stereocenters. The largest absolute Gasteiger partial charge is 0.492 e. The molecular weight excluding hydrogens is 594 g/mol. The van der Waals surface area contributed by atoms with Crippen molar-refractivity contribution in [1.82, 2.24) is 10.6 Å². The molecule has 2 aromatic rings. The van der Waals surface area contributed by atoms with Crippen molar-refractivity contribution in [3.05, 3.63) is 56.5 Å². The number of hydrogen-bond donors (Lipinski definition) is 2. The van der Waals surface area contributed by atoms with Crippen molar-refractivity contribution in [3.8, 4) is 11.5 Å². The van der Waals surface area contributed by atoms with Crippen molar-refractivity contribution in [2.24, 2.45) is 10.8 Å². The Morgan fingerprint density at radius 3 is 1.88 bits per heavy atom. The van der Waals surface area contributed by atoms with Crippen LogP contribution in [0.15, 0.2) is 36.4 Å². The lowest BCUT2D eigenvalue weighted by atomic mass is 9.62. The summed E-state index contributed by atoms with van der Waals surface area (Å²) in [5.41, 5.74) is -0.0903. The lowest BCUT2D eigenvalue weighted by Crippen LogP contribution is -2.50. The maximum Gasteiger partial charge on any atom is 0.220 e. The van der Waals surface area contributed by atoms with Crippen molar-refractivity contribution in [3.63, 3.8) is 0 Å². The molecule has 2 aromatic carbocycles. The zero-order valence-corrected chi connectivity index (χ0v) is 26.3. The quantitative estimate of drug-likeness (QED) is 0.219. The van der Waals surface area contributed by atoms with Crippen LogP contribution in [0.3, 0.4) is 0 Å². The number of amides is 2. The second-order valence-corrected chi connectivity index (χ2v) is 13.3. The molecule has 2 N–H and O–H groups in total. The van der Waals surface area contributed by atoms with Crippen LogP contribution in [0.25, 0.3) is 0 Å². The van der Waals surface area contributed by atoms with Gasteiger partial charge in [-0.1, -0.05) is 67.2 Å². The van der Waals surface area contributed by atoms with E-state index in [1.54, 1.807) is 36.4 Å². The maximum atomic E-state index is 12.7. The van der Waals surface area contributed by atoms with Crippen molar-refractivity contribution in [2.45, 2.75) is 71.8 Å². The minimum atomic E-state index is -0.128. The predicted molar refractivity (Wildman–Crippen MR) is 163 cm³/mol. The summed E-state index contributed by atoms with van der Waals surface area (Å²) in [5, 5.41) is 8.30. The highest BCUT2D eigenvalue weighted by molar-refractivity contribution is 6.36. The number of benzene rings is 2. The maximum absolute atomic E-state index is 12.7. The Morgan fingerprint density at radius 2 is 1.35 bits per heavy atom. The monoisotopic (exact) mass is 630 g/mol. The number of rotatable bonds is 13. The fourth-order valence-corrected chi connectivity index (χ4v) is 6.51. The summed E-state index contributed by atoms with van der Waals surface area (Å²) in [6.45, 7) is 7.93. The van der Waals surface area contributed by atoms with Crippen LogP contribution in [0.2, 0.25) is 20.1 Å². The van der Waals surface area contributed by atoms with Crippen molar-refractivity contribution >= 4 is 58.2 Å². The van der Waals surface area contributed by atoms with Crippen molar-refractivity contribution in [2.75, 3.05) is 19.8 Å². The third kappa shape index (κ3) is 10.8. The normalized spacial score (nSPS) is 20.0. The molecule has 220 valence electrons. The fourth-order valence-electron chi connectivity index (χ4n) is 5.58. The predicted octanol–water partition coefficient (Wildman–Crippen LogP) is 8.14. The van der Waals surface area contributed by atoms with Crippen LogP contribution < -0.4 is 20.1 Å². The third-order valence-electron chi connectivity index (χ3n) is 6.92. The van der Waals surface area contributed by atoms with Gasteiger partial charge in [0.05, 0.1) is 23.3 Å². The van der Waals surface area contributed by atoms with Gasteiger partial charge in [-0.25, -0.2) is 0 Å². The Bertz CT molecular complexity index is 1180. The Morgan fingerprint density at radius 1 is 0.825 bits per heavy atom. The van der Waals surface area contributed by atoms with Gasteiger partial charge in [0.25, 0.3) is 0 Å². The summed E-state index contributed by atoms with van der Waals surface area (Å²) in [6.07, 6.45) is 4.51. The molecule has 10 heteroatoms. The zero-order valence-electron chi connectivity index (χ0n) is 23.3. The van der Waals surface area contributed by atoms with Crippen LogP contribution in [0.1, 0.15) is 65.7 Å². The van der Waals surface area contributed by atoms with E-state index in [1.807, 2.05) is 0 Å². The van der Waals surface area contributed by atoms with E-state index < -0.39 is 0 Å². The highest BCUT2D eigenvalue weighted by Crippen LogP contribution is 2.45. The van der Waals surface area contributed by atoms with Gasteiger partial charge >= 0.3 is 0 Å². The standard InChI is InChI=1S/C30H38Cl4N2O4/c1-29(2)16-22(36-28(38)7-5-13-40-26-11-9-21(32)15-24(26)34)17-30(3,18-29)19-35-27(37)6-4-12-39-25-10-8-20(31)14-23(25)33/h8-11,14-15,22H,4-7,12-13,16-19H2,1-3H3,(H,35,37)(H,36,38). The minimum Gasteiger partial charge on any atom is -0.492 e. The first-order valence-corrected chi connectivity index (χ1v) is 15.1. The molecule has 1 fully saturated rings. The SMILES string of the molecule is CC1(C)CC(NC(=O)CCCOc2ccc(Cl)cc2Cl)CC(C)(CNC(=O)CCCOc2ccc(Cl)cc2Cl)C1. The Labute approximate surface area is 257 Å². The highest BCUT2D eigenvalue weighted by Gasteiger charge is 2.41. The van der Waals surface area contributed by atoms with Crippen LogP contribution in [0, 0.1) is 10.8 Å². The molecule has 0 aliphatic heterocycles. The smallest absolute Gasteiger partial charge is 0.220 e. The van der Waals surface area contributed by atoms with Gasteiger partial charge in [0, 0.05) is 35.5 Å². The summed E-state index contributed by atoms with van der Waals surface area (Å²) in [4.78, 5) is 25.3. The van der Waals surface area contributed by atoms with E-state index in [0.29, 0.717) is 77.0 Å². The summed E-state index contributed by atoms with van der Waals surface area (Å²) < 4.78 is 11.4. The van der Waals surface area contributed by atoms with E-state index in [9.17, 15) is 9.59 Å². The molecule has 2 unspecified atom stereocenters. The van der Waals surface area contributed by atoms with Gasteiger partial charge in [0.15, 0.2) is 0 Å². The van der Waals surface area contributed by atoms with Crippen LogP contribution in [0.5, 0.6) is 11.5 Å². The van der Waals surface area contributed by atoms with E-state index in [-0.39, 0.29) is 28.7 Å². The van der Waals surface area contributed by atoms with Gasteiger partial charge in [-0.2, -0.15) is 0 Å². The molecule has 0 spiro atoms. The van der Waals surface area contributed by atoms with E-state index in [4.69, 9.17) is 55.9 Å². The van der Waals surface area contributed by atoms with E-state index in [2.05, 4.69) is 31.4 Å².